The highest BCUT2D eigenvalue weighted by Crippen LogP contribution is 2.28. The topological polar surface area (TPSA) is 677 Å². The Morgan fingerprint density at radius 3 is 1.52 bits per heavy atom. The zero-order valence-corrected chi connectivity index (χ0v) is 75.8. The highest BCUT2D eigenvalue weighted by Gasteiger charge is 2.47. The van der Waals surface area contributed by atoms with E-state index in [4.69, 9.17) is 5.73 Å². The lowest BCUT2D eigenvalue weighted by Crippen LogP contribution is -2.61. The number of H-pyrrole nitrogens is 2. The number of carboxylic acid groups (broad SMARTS) is 4. The van der Waals surface area contributed by atoms with Crippen molar-refractivity contribution in [3.8, 4) is 5.75 Å². The zero-order valence-electron chi connectivity index (χ0n) is 74.9. The number of nitrogens with two attached hydrogens (primary N) is 1. The highest BCUT2D eigenvalue weighted by molar-refractivity contribution is 8.00. The van der Waals surface area contributed by atoms with Crippen LogP contribution in [-0.4, -0.2) is 338 Å². The maximum absolute atomic E-state index is 15.8. The van der Waals surface area contributed by atoms with E-state index in [9.17, 15) is 98.1 Å². The molecule has 0 spiro atoms. The SMILES string of the molecule is CCCC[C@H]1C(=O)N(C)[C@@H](CCCC)C(=O)N[C@@H](CCC(=O)O)C(=O)N[C@H](C(=O)NCC(N)=O)CSCC(=O)N[C@@H](Cc2ccc(O)cc2)C(=O)N(C)[C@@H](C)C(=O)N[C@H](CC(=O)O)C(=O)N2CCC[C@H]2C(=O)N[C@@H](CO)C(=O)N[C@@H](CCC(=O)O)C(=O)N2C[C@H](O)C[C@H]2C(=O)N[C@@H](Cc2c[nH]c3ccccc23)C(=O)N[C@@H](CCC(=O)O)C(=O)N[C@@H](Cc2c[nH]c3ccccc23)C(=O)N1C. The van der Waals surface area contributed by atoms with Crippen LogP contribution in [-0.2, 0) is 115 Å². The number of likely N-dealkylation sites (N-methyl/N-ethyl adjacent to an activating group) is 3. The molecule has 5 aromatic rings. The lowest BCUT2D eigenvalue weighted by atomic mass is 9.99. The van der Waals surface area contributed by atoms with Crippen molar-refractivity contribution in [3.63, 3.8) is 0 Å². The minimum atomic E-state index is -2.02. The molecule has 21 N–H and O–H groups in total. The summed E-state index contributed by atoms with van der Waals surface area (Å²) in [6, 6.07) is -5.58. The van der Waals surface area contributed by atoms with Crippen LogP contribution in [0.2, 0.25) is 0 Å². The second-order valence-electron chi connectivity index (χ2n) is 33.3. The summed E-state index contributed by atoms with van der Waals surface area (Å²) in [7, 11) is 3.64. The Hall–Kier alpha value is -13.8. The summed E-state index contributed by atoms with van der Waals surface area (Å²) >= 11 is 0.667. The largest absolute Gasteiger partial charge is 0.508 e. The number of aromatic hydroxyl groups is 1. The Morgan fingerprint density at radius 2 is 0.955 bits per heavy atom. The van der Waals surface area contributed by atoms with Gasteiger partial charge in [-0.1, -0.05) is 88.1 Å². The van der Waals surface area contributed by atoms with Gasteiger partial charge in [0.1, 0.15) is 90.3 Å². The molecule has 0 bridgehead atoms. The molecule has 15 atom stereocenters. The Morgan fingerprint density at radius 1 is 0.485 bits per heavy atom. The number of nitrogens with one attached hydrogen (secondary N) is 12. The Balaban J connectivity index is 1.21. The molecule has 16 amide bonds. The fourth-order valence-electron chi connectivity index (χ4n) is 16.0. The summed E-state index contributed by atoms with van der Waals surface area (Å²) in [5.41, 5.74) is 7.63. The molecular weight excluding hydrogens is 1770 g/mol. The monoisotopic (exact) mass is 1890 g/mol. The Bertz CT molecular complexity index is 5130. The number of carboxylic acids is 4. The van der Waals surface area contributed by atoms with Crippen LogP contribution < -0.4 is 58.9 Å². The third-order valence-corrected chi connectivity index (χ3v) is 24.6. The summed E-state index contributed by atoms with van der Waals surface area (Å²) in [6.45, 7) is 1.76. The first kappa shape index (κ1) is 106. The van der Waals surface area contributed by atoms with Gasteiger partial charge in [-0.3, -0.25) is 95.9 Å². The predicted octanol–water partition coefficient (Wildman–Crippen LogP) is -3.01. The van der Waals surface area contributed by atoms with E-state index >= 15 is 33.6 Å². The Labute approximate surface area is 773 Å². The van der Waals surface area contributed by atoms with E-state index in [0.29, 0.717) is 63.1 Å². The fourth-order valence-corrected chi connectivity index (χ4v) is 16.9. The van der Waals surface area contributed by atoms with Gasteiger partial charge in [-0.2, -0.15) is 0 Å². The van der Waals surface area contributed by atoms with Crippen LogP contribution in [0.1, 0.15) is 140 Å². The number of aliphatic hydroxyl groups excluding tert-OH is 2. The van der Waals surface area contributed by atoms with Gasteiger partial charge < -0.3 is 129 Å². The number of nitrogens with zero attached hydrogens (tertiary/aromatic N) is 5. The van der Waals surface area contributed by atoms with Gasteiger partial charge >= 0.3 is 23.9 Å². The van der Waals surface area contributed by atoms with Gasteiger partial charge in [0, 0.05) is 119 Å². The van der Waals surface area contributed by atoms with E-state index < -0.39 is 298 Å². The zero-order chi connectivity index (χ0) is 98.5. The number of hydrogen-bond acceptors (Lipinski definition) is 24. The third kappa shape index (κ3) is 29.6. The van der Waals surface area contributed by atoms with Gasteiger partial charge in [-0.15, -0.1) is 11.8 Å². The number of phenols is 1. The quantitative estimate of drug-likeness (QED) is 0.0249. The van der Waals surface area contributed by atoms with Gasteiger partial charge in [0.15, 0.2) is 0 Å². The molecule has 46 heteroatoms. The van der Waals surface area contributed by atoms with Crippen molar-refractivity contribution >= 4 is 152 Å². The molecule has 3 saturated heterocycles. The first-order valence-electron chi connectivity index (χ1n) is 43.9. The second kappa shape index (κ2) is 50.2. The molecule has 0 radical (unpaired) electrons. The number of aromatic nitrogens is 2. The van der Waals surface area contributed by atoms with Crippen LogP contribution in [0.3, 0.4) is 0 Å². The van der Waals surface area contributed by atoms with E-state index in [1.165, 1.54) is 51.5 Å². The Kier molecular flexibility index (Phi) is 39.5. The van der Waals surface area contributed by atoms with Crippen molar-refractivity contribution in [1.29, 1.82) is 0 Å². The number of para-hydroxylation sites is 2. The van der Waals surface area contributed by atoms with E-state index in [-0.39, 0.29) is 63.7 Å². The van der Waals surface area contributed by atoms with Crippen LogP contribution in [0.15, 0.2) is 85.2 Å². The van der Waals surface area contributed by atoms with Crippen molar-refractivity contribution in [2.75, 3.05) is 58.9 Å². The molecule has 3 fully saturated rings. The van der Waals surface area contributed by atoms with E-state index in [1.807, 2.05) is 0 Å². The standard InChI is InChI=1S/C88H118N18O27S/c1-7-9-20-65-81(126)95-57(28-31-72(114)115)78(123)101-64(76(121)92-41-69(89)110)44-134-45-70(111)93-60(34-47-23-25-50(108)26-24-47)84(129)102(4)46(3)75(120)98-62(38-74(118)119)87(132)105-33-15-22-66(105)82(127)100-63(43-107)80(125)96-58(29-32-73(116)117)86(131)106-42-51(109)37-68(106)83(128)97-59(35-48-39-90-54-18-13-11-16-52(48)54)79(124)94-56(27-30-71(112)113)77(122)99-61(36-49-40-91-55-19-14-12-17-53(49)55)85(130)104(6)67(21-10-8-2)88(133)103(65)5/h11-14,16-19,23-26,39-40,46,51,56-68,90-91,107-109H,7-10,15,20-22,27-38,41-45H2,1-6H3,(H2,89,110)(H,92,121)(H,93,111)(H,94,124)(H,95,126)(H,96,125)(H,97,128)(H,98,120)(H,99,122)(H,100,127)(H,101,123)(H,112,113)(H,114,115)(H,116,117)(H,118,119)/t46-,51+,56-,57-,58-,59-,60-,61-,62+,63-,64-,65-,66-,67-,68-/m0/s1. The van der Waals surface area contributed by atoms with Crippen molar-refractivity contribution in [2.45, 2.75) is 233 Å². The maximum Gasteiger partial charge on any atom is 0.305 e. The van der Waals surface area contributed by atoms with Gasteiger partial charge in [-0.05, 0) is 92.8 Å². The van der Waals surface area contributed by atoms with Crippen molar-refractivity contribution < 1.29 is 132 Å². The van der Waals surface area contributed by atoms with Crippen molar-refractivity contribution in [1.82, 2.24) is 87.6 Å². The lowest BCUT2D eigenvalue weighted by Gasteiger charge is -2.36. The summed E-state index contributed by atoms with van der Waals surface area (Å²) in [4.78, 5) is 295. The summed E-state index contributed by atoms with van der Waals surface area (Å²) in [6.07, 6.45) is -4.87. The molecule has 3 aliphatic heterocycles. The predicted molar refractivity (Wildman–Crippen MR) is 478 cm³/mol. The van der Waals surface area contributed by atoms with Gasteiger partial charge in [-0.25, -0.2) is 0 Å². The third-order valence-electron chi connectivity index (χ3n) is 23.6. The number of primary amides is 1. The number of aliphatic hydroxyl groups is 2. The number of unbranched alkanes of at least 4 members (excludes halogenated alkanes) is 2. The smallest absolute Gasteiger partial charge is 0.305 e. The molecule has 8 rings (SSSR count). The number of carbonyl (C=O) groups is 20. The molecule has 134 heavy (non-hydrogen) atoms. The van der Waals surface area contributed by atoms with Crippen LogP contribution >= 0.6 is 11.8 Å². The number of carbonyl (C=O) groups excluding carboxylic acids is 16. The first-order chi connectivity index (χ1) is 63.6. The lowest BCUT2D eigenvalue weighted by molar-refractivity contribution is -0.149. The minimum Gasteiger partial charge on any atom is -0.508 e. The number of rotatable bonds is 27. The number of fused-ring (bicyclic) bond motifs is 4. The molecule has 2 aromatic heterocycles. The normalized spacial score (nSPS) is 24.8. The van der Waals surface area contributed by atoms with E-state index in [2.05, 4.69) is 63.1 Å². The molecule has 0 unspecified atom stereocenters. The van der Waals surface area contributed by atoms with Crippen LogP contribution in [0.25, 0.3) is 21.8 Å². The molecule has 0 saturated carbocycles. The maximum atomic E-state index is 15.8. The number of benzene rings is 3. The van der Waals surface area contributed by atoms with Crippen LogP contribution in [0, 0.1) is 0 Å². The van der Waals surface area contributed by atoms with Gasteiger partial charge in [0.25, 0.3) is 0 Å². The highest BCUT2D eigenvalue weighted by atomic mass is 32.2. The molecule has 3 aromatic carbocycles. The van der Waals surface area contributed by atoms with Gasteiger partial charge in [0.05, 0.1) is 31.4 Å². The molecule has 0 aliphatic carbocycles. The number of hydrogen-bond donors (Lipinski definition) is 20. The average Bonchev–Trinajstić information content (AvgIpc) is 1.55. The van der Waals surface area contributed by atoms with E-state index in [1.54, 1.807) is 68.6 Å². The molecule has 728 valence electrons. The van der Waals surface area contributed by atoms with Crippen LogP contribution in [0.5, 0.6) is 5.75 Å². The number of aromatic amines is 2. The minimum absolute atomic E-state index is 0.0500. The summed E-state index contributed by atoms with van der Waals surface area (Å²) < 4.78 is 0. The van der Waals surface area contributed by atoms with E-state index in [0.717, 1.165) is 31.5 Å². The number of aliphatic carboxylic acids is 4. The average molecular weight is 1890 g/mol. The number of amides is 16. The summed E-state index contributed by atoms with van der Waals surface area (Å²) in [5, 5.41) is 98.3. The van der Waals surface area contributed by atoms with Gasteiger partial charge in [0.2, 0.25) is 94.5 Å². The summed E-state index contributed by atoms with van der Waals surface area (Å²) in [5.74, 6) is -25.0. The van der Waals surface area contributed by atoms with Crippen molar-refractivity contribution in [2.24, 2.45) is 5.73 Å². The molecule has 5 heterocycles. The molecular formula is C88H118N18O27S. The van der Waals surface area contributed by atoms with Crippen LogP contribution in [0.4, 0.5) is 0 Å². The van der Waals surface area contributed by atoms with Crippen molar-refractivity contribution in [3.05, 3.63) is 102 Å². The number of thioether (sulfide) groups is 1. The number of phenolic OH excluding ortho intramolecular Hbond substituents is 1. The fraction of sp³-hybridized carbons (Fsp3) is 0.523. The second-order valence-corrected chi connectivity index (χ2v) is 34.3. The first-order valence-corrected chi connectivity index (χ1v) is 45.1. The molecule has 3 aliphatic rings. The molecule has 45 nitrogen and oxygen atoms in total.